The van der Waals surface area contributed by atoms with Crippen molar-refractivity contribution in [1.29, 1.82) is 0 Å². The number of benzene rings is 1. The Morgan fingerprint density at radius 2 is 2.06 bits per heavy atom. The van der Waals surface area contributed by atoms with Crippen molar-refractivity contribution in [3.05, 3.63) is 42.5 Å². The molecular weight excluding hydrogens is 235 g/mol. The van der Waals surface area contributed by atoms with E-state index in [1.807, 2.05) is 4.72 Å². The van der Waals surface area contributed by atoms with Gasteiger partial charge in [-0.1, -0.05) is 12.1 Å². The van der Waals surface area contributed by atoms with E-state index in [4.69, 9.17) is 4.42 Å². The zero-order valence-electron chi connectivity index (χ0n) is 7.92. The van der Waals surface area contributed by atoms with E-state index < -0.39 is 20.7 Å². The van der Waals surface area contributed by atoms with Gasteiger partial charge in [0.05, 0.1) is 6.20 Å². The molecule has 16 heavy (non-hydrogen) atoms. The molecule has 1 N–H and O–H groups in total. The van der Waals surface area contributed by atoms with Gasteiger partial charge in [-0.2, -0.15) is 0 Å². The first kappa shape index (κ1) is 10.6. The molecule has 84 valence electrons. The molecule has 0 saturated heterocycles. The summed E-state index contributed by atoms with van der Waals surface area (Å²) >= 11 is 0. The molecule has 0 amide bonds. The molecule has 0 aliphatic rings. The van der Waals surface area contributed by atoms with Crippen LogP contribution >= 0.6 is 0 Å². The van der Waals surface area contributed by atoms with Crippen molar-refractivity contribution in [3.8, 4) is 0 Å². The lowest BCUT2D eigenvalue weighted by Gasteiger charge is -2.04. The molecule has 0 atom stereocenters. The number of rotatable bonds is 3. The Morgan fingerprint density at radius 3 is 2.69 bits per heavy atom. The summed E-state index contributed by atoms with van der Waals surface area (Å²) in [7, 11) is -4.00. The molecule has 1 aromatic heterocycles. The van der Waals surface area contributed by atoms with Gasteiger partial charge in [-0.05, 0) is 12.1 Å². The summed E-state index contributed by atoms with van der Waals surface area (Å²) in [6.07, 6.45) is 2.48. The second-order valence-corrected chi connectivity index (χ2v) is 4.52. The normalized spacial score (nSPS) is 11.3. The third-order valence-electron chi connectivity index (χ3n) is 1.78. The Kier molecular flexibility index (Phi) is 2.61. The van der Waals surface area contributed by atoms with Gasteiger partial charge in [0.15, 0.2) is 0 Å². The Bertz CT molecular complexity index is 581. The molecule has 0 aliphatic carbocycles. The number of oxazole rings is 1. The van der Waals surface area contributed by atoms with Crippen LogP contribution in [0.5, 0.6) is 0 Å². The number of nitrogens with zero attached hydrogens (tertiary/aromatic N) is 1. The molecule has 0 fully saturated rings. The van der Waals surface area contributed by atoms with Gasteiger partial charge in [0.25, 0.3) is 10.0 Å². The lowest BCUT2D eigenvalue weighted by Crippen LogP contribution is -2.14. The number of anilines is 1. The molecule has 0 spiro atoms. The molecule has 7 heteroatoms. The SMILES string of the molecule is O=S(=O)(Nc1ncco1)c1ccccc1F. The quantitative estimate of drug-likeness (QED) is 0.887. The Balaban J connectivity index is 2.37. The van der Waals surface area contributed by atoms with Gasteiger partial charge in [0, 0.05) is 0 Å². The summed E-state index contributed by atoms with van der Waals surface area (Å²) in [5.41, 5.74) is 0. The maximum Gasteiger partial charge on any atom is 0.308 e. The van der Waals surface area contributed by atoms with Crippen LogP contribution in [-0.2, 0) is 10.0 Å². The van der Waals surface area contributed by atoms with Crippen molar-refractivity contribution >= 4 is 16.0 Å². The van der Waals surface area contributed by atoms with Crippen LogP contribution < -0.4 is 4.72 Å². The van der Waals surface area contributed by atoms with Crippen molar-refractivity contribution in [2.75, 3.05) is 4.72 Å². The Morgan fingerprint density at radius 1 is 1.31 bits per heavy atom. The standard InChI is InChI=1S/C9H7FN2O3S/c10-7-3-1-2-4-8(7)16(13,14)12-9-11-5-6-15-9/h1-6H,(H,11,12). The van der Waals surface area contributed by atoms with Crippen molar-refractivity contribution in [1.82, 2.24) is 4.98 Å². The zero-order chi connectivity index (χ0) is 11.6. The summed E-state index contributed by atoms with van der Waals surface area (Å²) in [4.78, 5) is 3.13. The van der Waals surface area contributed by atoms with Gasteiger partial charge in [-0.15, -0.1) is 0 Å². The van der Waals surface area contributed by atoms with Crippen LogP contribution in [0.25, 0.3) is 0 Å². The second-order valence-electron chi connectivity index (χ2n) is 2.87. The molecule has 1 heterocycles. The first-order valence-electron chi connectivity index (χ1n) is 4.26. The minimum atomic E-state index is -4.00. The maximum atomic E-state index is 13.2. The van der Waals surface area contributed by atoms with Crippen LogP contribution in [0.3, 0.4) is 0 Å². The first-order chi connectivity index (χ1) is 7.59. The molecule has 2 aromatic rings. The van der Waals surface area contributed by atoms with E-state index in [0.29, 0.717) is 0 Å². The van der Waals surface area contributed by atoms with Gasteiger partial charge >= 0.3 is 6.01 Å². The van der Waals surface area contributed by atoms with Crippen molar-refractivity contribution in [3.63, 3.8) is 0 Å². The van der Waals surface area contributed by atoms with Gasteiger partial charge in [0.2, 0.25) is 0 Å². The van der Waals surface area contributed by atoms with Crippen molar-refractivity contribution in [2.45, 2.75) is 4.90 Å². The average Bonchev–Trinajstić information content (AvgIpc) is 2.70. The van der Waals surface area contributed by atoms with Crippen molar-refractivity contribution in [2.24, 2.45) is 0 Å². The highest BCUT2D eigenvalue weighted by Gasteiger charge is 2.19. The zero-order valence-corrected chi connectivity index (χ0v) is 8.74. The largest absolute Gasteiger partial charge is 0.432 e. The molecular formula is C9H7FN2O3S. The summed E-state index contributed by atoms with van der Waals surface area (Å²) in [5, 5.41) is 0. The summed E-state index contributed by atoms with van der Waals surface area (Å²) in [5.74, 6) is -0.832. The van der Waals surface area contributed by atoms with Gasteiger partial charge < -0.3 is 4.42 Å². The highest BCUT2D eigenvalue weighted by Crippen LogP contribution is 2.16. The number of hydrogen-bond donors (Lipinski definition) is 1. The molecule has 5 nitrogen and oxygen atoms in total. The molecule has 0 unspecified atom stereocenters. The average molecular weight is 242 g/mol. The summed E-state index contributed by atoms with van der Waals surface area (Å²) < 4.78 is 43.3. The fourth-order valence-corrected chi connectivity index (χ4v) is 2.13. The molecule has 2 rings (SSSR count). The molecule has 0 aliphatic heterocycles. The van der Waals surface area contributed by atoms with E-state index in [1.165, 1.54) is 24.6 Å². The molecule has 0 saturated carbocycles. The van der Waals surface area contributed by atoms with E-state index in [2.05, 4.69) is 4.98 Å². The number of nitrogens with one attached hydrogen (secondary N) is 1. The molecule has 1 aromatic carbocycles. The van der Waals surface area contributed by atoms with E-state index in [1.54, 1.807) is 0 Å². The predicted octanol–water partition coefficient (Wildman–Crippen LogP) is 1.61. The van der Waals surface area contributed by atoms with Crippen LogP contribution in [0.2, 0.25) is 0 Å². The fraction of sp³-hybridized carbons (Fsp3) is 0. The number of sulfonamides is 1. The summed E-state index contributed by atoms with van der Waals surface area (Å²) in [6.45, 7) is 0. The Labute approximate surface area is 91.0 Å². The lowest BCUT2D eigenvalue weighted by atomic mass is 10.4. The minimum absolute atomic E-state index is 0.205. The fourth-order valence-electron chi connectivity index (χ4n) is 1.11. The van der Waals surface area contributed by atoms with Crippen LogP contribution in [0.4, 0.5) is 10.4 Å². The van der Waals surface area contributed by atoms with Gasteiger partial charge in [0.1, 0.15) is 17.0 Å². The third-order valence-corrected chi connectivity index (χ3v) is 3.13. The van der Waals surface area contributed by atoms with Crippen LogP contribution in [0, 0.1) is 5.82 Å². The van der Waals surface area contributed by atoms with Crippen LogP contribution in [0.15, 0.2) is 46.0 Å². The minimum Gasteiger partial charge on any atom is -0.432 e. The summed E-state index contributed by atoms with van der Waals surface area (Å²) in [6, 6.07) is 4.83. The monoisotopic (exact) mass is 242 g/mol. The van der Waals surface area contributed by atoms with E-state index in [9.17, 15) is 12.8 Å². The van der Waals surface area contributed by atoms with E-state index in [0.717, 1.165) is 12.1 Å². The third kappa shape index (κ3) is 2.03. The molecule has 0 bridgehead atoms. The van der Waals surface area contributed by atoms with E-state index in [-0.39, 0.29) is 6.01 Å². The smallest absolute Gasteiger partial charge is 0.308 e. The highest BCUT2D eigenvalue weighted by molar-refractivity contribution is 7.92. The lowest BCUT2D eigenvalue weighted by molar-refractivity contribution is 0.559. The van der Waals surface area contributed by atoms with Gasteiger partial charge in [-0.3, -0.25) is 0 Å². The maximum absolute atomic E-state index is 13.2. The topological polar surface area (TPSA) is 72.2 Å². The highest BCUT2D eigenvalue weighted by atomic mass is 32.2. The first-order valence-corrected chi connectivity index (χ1v) is 5.75. The van der Waals surface area contributed by atoms with Crippen molar-refractivity contribution < 1.29 is 17.2 Å². The van der Waals surface area contributed by atoms with E-state index >= 15 is 0 Å². The predicted molar refractivity (Wildman–Crippen MR) is 53.7 cm³/mol. The van der Waals surface area contributed by atoms with Crippen LogP contribution in [-0.4, -0.2) is 13.4 Å². The number of hydrogen-bond acceptors (Lipinski definition) is 4. The Hall–Kier alpha value is -1.89. The molecule has 0 radical (unpaired) electrons. The van der Waals surface area contributed by atoms with Gasteiger partial charge in [-0.25, -0.2) is 22.5 Å². The van der Waals surface area contributed by atoms with Crippen LogP contribution in [0.1, 0.15) is 0 Å². The second kappa shape index (κ2) is 3.93. The number of aromatic nitrogens is 1. The number of halogens is 1.